The first kappa shape index (κ1) is 40.0. The molecule has 0 saturated carbocycles. The van der Waals surface area contributed by atoms with E-state index in [0.29, 0.717) is 13.0 Å². The number of carbonyl (C=O) groups excluding carboxylic acids is 2. The Kier molecular flexibility index (Phi) is 28.3. The minimum atomic E-state index is -1.84. The molecule has 7 heteroatoms. The van der Waals surface area contributed by atoms with Crippen LogP contribution >= 0.6 is 0 Å². The van der Waals surface area contributed by atoms with Gasteiger partial charge in [-0.1, -0.05) is 149 Å². The Morgan fingerprint density at radius 3 is 1.32 bits per heavy atom. The molecule has 0 aromatic heterocycles. The van der Waals surface area contributed by atoms with Crippen LogP contribution in [0.25, 0.3) is 0 Å². The number of Topliss-reactive ketones (excluding diaryl/α,β-unsaturated/α-hetero) is 1. The molecule has 0 unspecified atom stereocenters. The summed E-state index contributed by atoms with van der Waals surface area (Å²) in [4.78, 5) is 27.1. The van der Waals surface area contributed by atoms with E-state index in [2.05, 4.69) is 13.8 Å². The third kappa shape index (κ3) is 23.2. The summed E-state index contributed by atoms with van der Waals surface area (Å²) in [5, 5.41) is 38.7. The van der Waals surface area contributed by atoms with Gasteiger partial charge in [0, 0.05) is 13.0 Å². The summed E-state index contributed by atoms with van der Waals surface area (Å²) in [6.45, 7) is 3.88. The van der Waals surface area contributed by atoms with E-state index < -0.39 is 30.7 Å². The van der Waals surface area contributed by atoms with Crippen molar-refractivity contribution in [2.45, 2.75) is 186 Å². The fourth-order valence-electron chi connectivity index (χ4n) is 5.32. The zero-order valence-electron chi connectivity index (χ0n) is 26.9. The molecule has 0 aromatic rings. The number of nitrogens with zero attached hydrogens (tertiary/aromatic N) is 1. The number of hydrogen-bond donors (Lipinski definition) is 4. The smallest absolute Gasteiger partial charge is 0.222 e. The van der Waals surface area contributed by atoms with Crippen molar-refractivity contribution in [1.82, 2.24) is 4.90 Å². The second kappa shape index (κ2) is 29.1. The third-order valence-corrected chi connectivity index (χ3v) is 8.21. The Morgan fingerprint density at radius 1 is 0.561 bits per heavy atom. The van der Waals surface area contributed by atoms with Gasteiger partial charge in [0.15, 0.2) is 5.78 Å². The number of aliphatic hydroxyl groups is 4. The fraction of sp³-hybridized carbons (Fsp3) is 0.941. The van der Waals surface area contributed by atoms with Gasteiger partial charge in [-0.15, -0.1) is 0 Å². The van der Waals surface area contributed by atoms with Crippen LogP contribution in [0.15, 0.2) is 0 Å². The van der Waals surface area contributed by atoms with Crippen LogP contribution in [0.1, 0.15) is 168 Å². The van der Waals surface area contributed by atoms with Crippen molar-refractivity contribution in [2.75, 3.05) is 19.7 Å². The maximum absolute atomic E-state index is 13.0. The molecule has 41 heavy (non-hydrogen) atoms. The van der Waals surface area contributed by atoms with Crippen LogP contribution in [0.5, 0.6) is 0 Å². The van der Waals surface area contributed by atoms with Crippen LogP contribution in [0.3, 0.4) is 0 Å². The molecule has 0 aliphatic carbocycles. The lowest BCUT2D eigenvalue weighted by atomic mass is 10.0. The van der Waals surface area contributed by atoms with Crippen molar-refractivity contribution in [3.8, 4) is 0 Å². The molecule has 0 heterocycles. The van der Waals surface area contributed by atoms with Crippen molar-refractivity contribution in [1.29, 1.82) is 0 Å². The highest BCUT2D eigenvalue weighted by atomic mass is 16.4. The number of unbranched alkanes of at least 4 members (excludes halogenated alkanes) is 21. The van der Waals surface area contributed by atoms with Gasteiger partial charge in [-0.05, 0) is 12.8 Å². The van der Waals surface area contributed by atoms with E-state index in [0.717, 1.165) is 38.5 Å². The van der Waals surface area contributed by atoms with Crippen molar-refractivity contribution in [2.24, 2.45) is 0 Å². The summed E-state index contributed by atoms with van der Waals surface area (Å²) in [5.41, 5.74) is 0. The Labute approximate surface area is 252 Å². The molecule has 0 spiro atoms. The number of ketones is 1. The van der Waals surface area contributed by atoms with Gasteiger partial charge in [0.25, 0.3) is 0 Å². The van der Waals surface area contributed by atoms with Gasteiger partial charge in [-0.25, -0.2) is 0 Å². The van der Waals surface area contributed by atoms with Crippen LogP contribution < -0.4 is 0 Å². The SMILES string of the molecule is CCCCCCCCCCCCCCCC(=O)N(CCCCCCCCCCCC)CC(=O)[C@@H](O)[C@H](O)[C@H](O)CO. The molecule has 0 fully saturated rings. The Hall–Kier alpha value is -1.02. The van der Waals surface area contributed by atoms with Gasteiger partial charge >= 0.3 is 0 Å². The highest BCUT2D eigenvalue weighted by Gasteiger charge is 2.31. The largest absolute Gasteiger partial charge is 0.394 e. The van der Waals surface area contributed by atoms with Crippen molar-refractivity contribution >= 4 is 11.7 Å². The molecule has 0 aromatic carbocycles. The summed E-state index contributed by atoms with van der Waals surface area (Å²) in [6, 6.07) is 0. The summed E-state index contributed by atoms with van der Waals surface area (Å²) in [6.07, 6.45) is 23.0. The van der Waals surface area contributed by atoms with Gasteiger partial charge in [-0.3, -0.25) is 9.59 Å². The Bertz CT molecular complexity index is 602. The van der Waals surface area contributed by atoms with E-state index in [4.69, 9.17) is 5.11 Å². The monoisotopic (exact) mass is 585 g/mol. The minimum absolute atomic E-state index is 0.0956. The molecule has 3 atom stereocenters. The molecule has 0 radical (unpaired) electrons. The van der Waals surface area contributed by atoms with Crippen LogP contribution in [-0.2, 0) is 9.59 Å². The van der Waals surface area contributed by atoms with E-state index in [1.54, 1.807) is 0 Å². The maximum atomic E-state index is 13.0. The Morgan fingerprint density at radius 2 is 0.927 bits per heavy atom. The number of amides is 1. The molecule has 1 amide bonds. The average molecular weight is 586 g/mol. The molecule has 0 aliphatic heterocycles. The van der Waals surface area contributed by atoms with Gasteiger partial charge in [0.05, 0.1) is 13.2 Å². The van der Waals surface area contributed by atoms with E-state index in [1.165, 1.54) is 114 Å². The minimum Gasteiger partial charge on any atom is -0.394 e. The second-order valence-electron chi connectivity index (χ2n) is 12.1. The van der Waals surface area contributed by atoms with E-state index >= 15 is 0 Å². The van der Waals surface area contributed by atoms with Crippen molar-refractivity contribution in [3.05, 3.63) is 0 Å². The standard InChI is InChI=1S/C34H67NO6/c1-3-5-7-9-11-13-15-16-17-18-20-22-24-26-32(39)35(28-30(37)33(40)34(41)31(38)29-36)27-25-23-21-19-14-12-10-8-6-4-2/h31,33-34,36,38,40-41H,3-29H2,1-2H3/t31-,33-,34-/m1/s1. The first-order chi connectivity index (χ1) is 19.9. The molecule has 4 N–H and O–H groups in total. The van der Waals surface area contributed by atoms with Gasteiger partial charge in [0.2, 0.25) is 5.91 Å². The van der Waals surface area contributed by atoms with Gasteiger partial charge in [-0.2, -0.15) is 0 Å². The normalized spacial score (nSPS) is 13.7. The van der Waals surface area contributed by atoms with Crippen molar-refractivity contribution in [3.63, 3.8) is 0 Å². The highest BCUT2D eigenvalue weighted by Crippen LogP contribution is 2.15. The highest BCUT2D eigenvalue weighted by molar-refractivity contribution is 5.89. The second-order valence-corrected chi connectivity index (χ2v) is 12.1. The zero-order valence-corrected chi connectivity index (χ0v) is 26.9. The van der Waals surface area contributed by atoms with Crippen LogP contribution in [0, 0.1) is 0 Å². The quantitative estimate of drug-likeness (QED) is 0.0660. The third-order valence-electron chi connectivity index (χ3n) is 8.21. The molecule has 0 aliphatic rings. The Balaban J connectivity index is 4.36. The fourth-order valence-corrected chi connectivity index (χ4v) is 5.32. The van der Waals surface area contributed by atoms with Crippen LogP contribution in [-0.4, -0.2) is 75.0 Å². The van der Waals surface area contributed by atoms with Gasteiger partial charge < -0.3 is 25.3 Å². The summed E-state index contributed by atoms with van der Waals surface area (Å²) in [7, 11) is 0. The number of carbonyl (C=O) groups is 2. The summed E-state index contributed by atoms with van der Waals surface area (Å²) < 4.78 is 0. The molecule has 0 rings (SSSR count). The number of rotatable bonds is 31. The average Bonchev–Trinajstić information content (AvgIpc) is 2.98. The first-order valence-corrected chi connectivity index (χ1v) is 17.3. The molecule has 0 bridgehead atoms. The predicted octanol–water partition coefficient (Wildman–Crippen LogP) is 6.86. The number of aliphatic hydroxyl groups excluding tert-OH is 4. The molecule has 244 valence electrons. The van der Waals surface area contributed by atoms with E-state index in [1.807, 2.05) is 0 Å². The molecular formula is C34H67NO6. The van der Waals surface area contributed by atoms with Crippen LogP contribution in [0.2, 0.25) is 0 Å². The zero-order chi connectivity index (χ0) is 30.6. The first-order valence-electron chi connectivity index (χ1n) is 17.3. The molecule has 0 saturated heterocycles. The summed E-state index contributed by atoms with van der Waals surface area (Å²) >= 11 is 0. The van der Waals surface area contributed by atoms with Gasteiger partial charge in [0.1, 0.15) is 18.3 Å². The van der Waals surface area contributed by atoms with E-state index in [-0.39, 0.29) is 12.5 Å². The molecular weight excluding hydrogens is 518 g/mol. The number of hydrogen-bond acceptors (Lipinski definition) is 6. The van der Waals surface area contributed by atoms with Crippen LogP contribution in [0.4, 0.5) is 0 Å². The van der Waals surface area contributed by atoms with Crippen molar-refractivity contribution < 1.29 is 30.0 Å². The lowest BCUT2D eigenvalue weighted by Crippen LogP contribution is -2.48. The maximum Gasteiger partial charge on any atom is 0.222 e. The lowest BCUT2D eigenvalue weighted by Gasteiger charge is -2.26. The van der Waals surface area contributed by atoms with E-state index in [9.17, 15) is 24.9 Å². The topological polar surface area (TPSA) is 118 Å². The predicted molar refractivity (Wildman–Crippen MR) is 169 cm³/mol. The summed E-state index contributed by atoms with van der Waals surface area (Å²) in [5.74, 6) is -0.808. The molecule has 7 nitrogen and oxygen atoms in total. The lowest BCUT2D eigenvalue weighted by molar-refractivity contribution is -0.145.